The monoisotopic (exact) mass is 383 g/mol. The zero-order chi connectivity index (χ0) is 20.6. The molecule has 0 aliphatic heterocycles. The Bertz CT molecular complexity index is 1050. The molecule has 0 fully saturated rings. The van der Waals surface area contributed by atoms with Crippen LogP contribution in [-0.2, 0) is 0 Å². The number of carbonyl (C=O) groups excluding carboxylic acids is 2. The molecule has 3 rings (SSSR count). The first kappa shape index (κ1) is 19.3. The van der Waals surface area contributed by atoms with E-state index in [1.165, 1.54) is 20.0 Å². The van der Waals surface area contributed by atoms with Crippen LogP contribution in [0.2, 0.25) is 0 Å². The van der Waals surface area contributed by atoms with Crippen LogP contribution < -0.4 is 16.8 Å². The highest BCUT2D eigenvalue weighted by molar-refractivity contribution is 6.02. The van der Waals surface area contributed by atoms with Crippen molar-refractivity contribution in [1.29, 1.82) is 0 Å². The predicted octanol–water partition coefficient (Wildman–Crippen LogP) is 2.75. The van der Waals surface area contributed by atoms with Crippen molar-refractivity contribution in [3.63, 3.8) is 0 Å². The lowest BCUT2D eigenvalue weighted by Crippen LogP contribution is -2.36. The van der Waals surface area contributed by atoms with E-state index < -0.39 is 23.5 Å². The molecule has 0 saturated heterocycles. The maximum absolute atomic E-state index is 14.3. The minimum atomic E-state index is -1.52. The molecule has 0 saturated carbocycles. The number of rotatable bonds is 6. The Labute approximate surface area is 161 Å². The van der Waals surface area contributed by atoms with Crippen molar-refractivity contribution in [1.82, 2.24) is 9.61 Å². The average Bonchev–Trinajstić information content (AvgIpc) is 3.05. The van der Waals surface area contributed by atoms with E-state index >= 15 is 0 Å². The predicted molar refractivity (Wildman–Crippen MR) is 106 cm³/mol. The molecular formula is C20H22FN5O2. The minimum Gasteiger partial charge on any atom is -0.377 e. The summed E-state index contributed by atoms with van der Waals surface area (Å²) in [6.45, 7) is 4.60. The molecule has 146 valence electrons. The molecule has 5 N–H and O–H groups in total. The molecule has 1 atom stereocenters. The SMILES string of the molecule is C[C@@H](Nc1c(C(N)=O)cnn2cc(-c3ccc(C(N)=O)cc3)cc12)C(C)(C)F. The number of nitrogens with one attached hydrogen (secondary N) is 1. The summed E-state index contributed by atoms with van der Waals surface area (Å²) in [4.78, 5) is 23.1. The number of aromatic nitrogens is 2. The highest BCUT2D eigenvalue weighted by Gasteiger charge is 2.27. The number of fused-ring (bicyclic) bond motifs is 1. The first-order chi connectivity index (χ1) is 13.1. The van der Waals surface area contributed by atoms with E-state index in [1.54, 1.807) is 41.9 Å². The molecule has 2 amide bonds. The van der Waals surface area contributed by atoms with E-state index in [0.29, 0.717) is 16.8 Å². The first-order valence-corrected chi connectivity index (χ1v) is 8.75. The van der Waals surface area contributed by atoms with E-state index in [-0.39, 0.29) is 5.56 Å². The maximum atomic E-state index is 14.3. The summed E-state index contributed by atoms with van der Waals surface area (Å²) in [7, 11) is 0. The van der Waals surface area contributed by atoms with Crippen molar-refractivity contribution in [3.05, 3.63) is 53.9 Å². The Morgan fingerprint density at radius 1 is 1.14 bits per heavy atom. The first-order valence-electron chi connectivity index (χ1n) is 8.75. The molecule has 0 unspecified atom stereocenters. The van der Waals surface area contributed by atoms with E-state index in [0.717, 1.165) is 11.1 Å². The van der Waals surface area contributed by atoms with Crippen molar-refractivity contribution in [2.75, 3.05) is 5.32 Å². The Hall–Kier alpha value is -3.42. The largest absolute Gasteiger partial charge is 0.377 e. The van der Waals surface area contributed by atoms with Crippen LogP contribution in [-0.4, -0.2) is 33.1 Å². The molecule has 28 heavy (non-hydrogen) atoms. The van der Waals surface area contributed by atoms with Crippen LogP contribution in [0, 0.1) is 0 Å². The molecule has 3 aromatic rings. The van der Waals surface area contributed by atoms with Gasteiger partial charge in [-0.3, -0.25) is 9.59 Å². The quantitative estimate of drug-likeness (QED) is 0.607. The number of hydrogen-bond donors (Lipinski definition) is 3. The molecule has 1 aromatic carbocycles. The number of carbonyl (C=O) groups is 2. The normalized spacial score (nSPS) is 12.7. The molecular weight excluding hydrogens is 361 g/mol. The molecule has 0 aliphatic carbocycles. The number of anilines is 1. The molecule has 8 heteroatoms. The van der Waals surface area contributed by atoms with Gasteiger partial charge in [-0.25, -0.2) is 8.91 Å². The van der Waals surface area contributed by atoms with Crippen LogP contribution in [0.4, 0.5) is 10.1 Å². The van der Waals surface area contributed by atoms with Gasteiger partial charge in [0.05, 0.1) is 29.0 Å². The molecule has 0 bridgehead atoms. The molecule has 2 aromatic heterocycles. The highest BCUT2D eigenvalue weighted by Crippen LogP contribution is 2.30. The Balaban J connectivity index is 2.11. The van der Waals surface area contributed by atoms with E-state index in [2.05, 4.69) is 10.4 Å². The lowest BCUT2D eigenvalue weighted by atomic mass is 10.0. The second-order valence-corrected chi connectivity index (χ2v) is 7.23. The van der Waals surface area contributed by atoms with E-state index in [1.807, 2.05) is 6.07 Å². The van der Waals surface area contributed by atoms with Crippen molar-refractivity contribution in [3.8, 4) is 11.1 Å². The van der Waals surface area contributed by atoms with Gasteiger partial charge in [-0.2, -0.15) is 5.10 Å². The van der Waals surface area contributed by atoms with E-state index in [9.17, 15) is 14.0 Å². The van der Waals surface area contributed by atoms with Gasteiger partial charge in [0, 0.05) is 17.3 Å². The van der Waals surface area contributed by atoms with Gasteiger partial charge in [-0.1, -0.05) is 12.1 Å². The van der Waals surface area contributed by atoms with E-state index in [4.69, 9.17) is 11.5 Å². The average molecular weight is 383 g/mol. The summed E-state index contributed by atoms with van der Waals surface area (Å²) in [5.41, 5.74) is 12.5. The Kier molecular flexibility index (Phi) is 4.80. The third-order valence-corrected chi connectivity index (χ3v) is 4.80. The van der Waals surface area contributed by atoms with Crippen LogP contribution >= 0.6 is 0 Å². The summed E-state index contributed by atoms with van der Waals surface area (Å²) in [5, 5.41) is 7.30. The van der Waals surface area contributed by atoms with Crippen molar-refractivity contribution in [2.24, 2.45) is 11.5 Å². The van der Waals surface area contributed by atoms with Gasteiger partial charge in [0.1, 0.15) is 5.67 Å². The molecule has 0 spiro atoms. The lowest BCUT2D eigenvalue weighted by Gasteiger charge is -2.26. The molecule has 0 aliphatic rings. The standard InChI is InChI=1S/C20H22FN5O2/c1-11(20(2,3)21)25-17-15(19(23)28)9-24-26-10-14(8-16(17)26)12-4-6-13(7-5-12)18(22)27/h4-11,25H,1-3H3,(H2,22,27)(H2,23,28)/t11-/m1/s1. The van der Waals surface area contributed by atoms with Crippen molar-refractivity contribution < 1.29 is 14.0 Å². The number of amides is 2. The summed E-state index contributed by atoms with van der Waals surface area (Å²) < 4.78 is 15.9. The number of halogens is 1. The van der Waals surface area contributed by atoms with Crippen molar-refractivity contribution >= 4 is 23.0 Å². The van der Waals surface area contributed by atoms with Crippen LogP contribution in [0.5, 0.6) is 0 Å². The smallest absolute Gasteiger partial charge is 0.252 e. The van der Waals surface area contributed by atoms with Crippen molar-refractivity contribution in [2.45, 2.75) is 32.5 Å². The third kappa shape index (κ3) is 3.66. The van der Waals surface area contributed by atoms with Crippen LogP contribution in [0.3, 0.4) is 0 Å². The molecule has 7 nitrogen and oxygen atoms in total. The van der Waals surface area contributed by atoms with Gasteiger partial charge in [0.2, 0.25) is 5.91 Å². The van der Waals surface area contributed by atoms with Crippen LogP contribution in [0.1, 0.15) is 41.5 Å². The Morgan fingerprint density at radius 2 is 1.79 bits per heavy atom. The number of hydrogen-bond acceptors (Lipinski definition) is 4. The fourth-order valence-corrected chi connectivity index (χ4v) is 2.77. The van der Waals surface area contributed by atoms with Gasteiger partial charge in [-0.15, -0.1) is 0 Å². The maximum Gasteiger partial charge on any atom is 0.252 e. The number of nitrogens with two attached hydrogens (primary N) is 2. The fraction of sp³-hybridized carbons (Fsp3) is 0.250. The highest BCUT2D eigenvalue weighted by atomic mass is 19.1. The zero-order valence-electron chi connectivity index (χ0n) is 15.9. The third-order valence-electron chi connectivity index (χ3n) is 4.80. The summed E-state index contributed by atoms with van der Waals surface area (Å²) in [6, 6.07) is 8.04. The van der Waals surface area contributed by atoms with Crippen LogP contribution in [0.25, 0.3) is 16.6 Å². The topological polar surface area (TPSA) is 116 Å². The second kappa shape index (κ2) is 6.95. The molecule has 2 heterocycles. The summed E-state index contributed by atoms with van der Waals surface area (Å²) >= 11 is 0. The number of benzene rings is 1. The van der Waals surface area contributed by atoms with Crippen LogP contribution in [0.15, 0.2) is 42.7 Å². The van der Waals surface area contributed by atoms with Gasteiger partial charge < -0.3 is 16.8 Å². The lowest BCUT2D eigenvalue weighted by molar-refractivity contribution is 0.0992. The number of nitrogens with zero attached hydrogens (tertiary/aromatic N) is 2. The van der Waals surface area contributed by atoms with Gasteiger partial charge in [-0.05, 0) is 44.5 Å². The van der Waals surface area contributed by atoms with Gasteiger partial charge >= 0.3 is 0 Å². The summed E-state index contributed by atoms with van der Waals surface area (Å²) in [5.74, 6) is -1.16. The minimum absolute atomic E-state index is 0.178. The fourth-order valence-electron chi connectivity index (χ4n) is 2.77. The molecule has 0 radical (unpaired) electrons. The van der Waals surface area contributed by atoms with Gasteiger partial charge in [0.25, 0.3) is 5.91 Å². The number of primary amides is 2. The number of alkyl halides is 1. The zero-order valence-corrected chi connectivity index (χ0v) is 15.9. The second-order valence-electron chi connectivity index (χ2n) is 7.23. The summed E-state index contributed by atoms with van der Waals surface area (Å²) in [6.07, 6.45) is 3.13. The Morgan fingerprint density at radius 3 is 2.32 bits per heavy atom. The van der Waals surface area contributed by atoms with Gasteiger partial charge in [0.15, 0.2) is 0 Å².